The first-order valence-corrected chi connectivity index (χ1v) is 9.83. The maximum absolute atomic E-state index is 12.6. The maximum Gasteiger partial charge on any atom is 0.255 e. The number of benzene rings is 2. The van der Waals surface area contributed by atoms with Crippen LogP contribution >= 0.6 is 0 Å². The van der Waals surface area contributed by atoms with Crippen LogP contribution in [-0.4, -0.2) is 28.9 Å². The molecule has 0 aliphatic rings. The van der Waals surface area contributed by atoms with Gasteiger partial charge in [0.05, 0.1) is 0 Å². The van der Waals surface area contributed by atoms with Crippen molar-refractivity contribution in [2.45, 2.75) is 20.4 Å². The number of nitrogens with one attached hydrogen (secondary N) is 1. The highest BCUT2D eigenvalue weighted by Gasteiger charge is 2.07. The summed E-state index contributed by atoms with van der Waals surface area (Å²) in [6.45, 7) is 7.23. The molecule has 1 amide bonds. The summed E-state index contributed by atoms with van der Waals surface area (Å²) < 4.78 is 0. The molecule has 0 unspecified atom stereocenters. The minimum Gasteiger partial charge on any atom is -0.322 e. The summed E-state index contributed by atoms with van der Waals surface area (Å²) in [6.07, 6.45) is 1.72. The zero-order valence-corrected chi connectivity index (χ0v) is 16.9. The highest BCUT2D eigenvalue weighted by molar-refractivity contribution is 6.04. The van der Waals surface area contributed by atoms with Gasteiger partial charge in [-0.25, -0.2) is 4.98 Å². The van der Waals surface area contributed by atoms with Gasteiger partial charge in [0.2, 0.25) is 0 Å². The number of carbonyl (C=O) groups is 1. The quantitative estimate of drug-likeness (QED) is 0.634. The zero-order chi connectivity index (χ0) is 20.5. The predicted octanol–water partition coefficient (Wildman–Crippen LogP) is 4.58. The van der Waals surface area contributed by atoms with Gasteiger partial charge in [-0.05, 0) is 67.0 Å². The van der Waals surface area contributed by atoms with E-state index in [4.69, 9.17) is 0 Å². The Morgan fingerprint density at radius 2 is 1.76 bits per heavy atom. The zero-order valence-electron chi connectivity index (χ0n) is 16.9. The van der Waals surface area contributed by atoms with Gasteiger partial charge in [0.25, 0.3) is 5.91 Å². The predicted molar refractivity (Wildman–Crippen MR) is 118 cm³/mol. The van der Waals surface area contributed by atoms with Gasteiger partial charge in [0.1, 0.15) is 5.69 Å². The number of pyridine rings is 1. The molecule has 4 nitrogen and oxygen atoms in total. The molecule has 0 radical (unpaired) electrons. The fourth-order valence-corrected chi connectivity index (χ4v) is 2.92. The lowest BCUT2D eigenvalue weighted by Crippen LogP contribution is -2.22. The molecule has 0 aliphatic carbocycles. The van der Waals surface area contributed by atoms with Gasteiger partial charge < -0.3 is 5.32 Å². The SMILES string of the molecule is CCN(CC)Cc1ccc(C(=O)Nc2cccc(C#Cc3ccccn3)c2)cc1. The van der Waals surface area contributed by atoms with Crippen molar-refractivity contribution < 1.29 is 4.79 Å². The van der Waals surface area contributed by atoms with Gasteiger partial charge in [0.15, 0.2) is 0 Å². The Labute approximate surface area is 172 Å². The summed E-state index contributed by atoms with van der Waals surface area (Å²) in [6, 6.07) is 20.9. The number of nitrogens with zero attached hydrogens (tertiary/aromatic N) is 2. The number of anilines is 1. The van der Waals surface area contributed by atoms with E-state index in [9.17, 15) is 4.79 Å². The Balaban J connectivity index is 1.66. The molecule has 146 valence electrons. The Kier molecular flexibility index (Phi) is 7.16. The average molecular weight is 383 g/mol. The van der Waals surface area contributed by atoms with Crippen molar-refractivity contribution in [3.8, 4) is 11.8 Å². The third-order valence-electron chi connectivity index (χ3n) is 4.64. The molecule has 0 spiro atoms. The highest BCUT2D eigenvalue weighted by Crippen LogP contribution is 2.13. The Bertz CT molecular complexity index is 997. The Hall–Kier alpha value is -3.42. The second-order valence-electron chi connectivity index (χ2n) is 6.66. The Morgan fingerprint density at radius 3 is 2.45 bits per heavy atom. The van der Waals surface area contributed by atoms with Gasteiger partial charge in [-0.3, -0.25) is 9.69 Å². The molecule has 29 heavy (non-hydrogen) atoms. The van der Waals surface area contributed by atoms with Crippen LogP contribution in [0, 0.1) is 11.8 Å². The molecule has 1 heterocycles. The van der Waals surface area contributed by atoms with Crippen LogP contribution < -0.4 is 5.32 Å². The molecule has 0 aliphatic heterocycles. The topological polar surface area (TPSA) is 45.2 Å². The minimum absolute atomic E-state index is 0.130. The molecule has 0 bridgehead atoms. The van der Waals surface area contributed by atoms with E-state index in [1.54, 1.807) is 6.20 Å². The van der Waals surface area contributed by atoms with Crippen LogP contribution in [0.3, 0.4) is 0 Å². The van der Waals surface area contributed by atoms with Gasteiger partial charge in [-0.2, -0.15) is 0 Å². The first-order valence-electron chi connectivity index (χ1n) is 9.83. The third kappa shape index (κ3) is 6.03. The molecule has 2 aromatic carbocycles. The van der Waals surface area contributed by atoms with E-state index < -0.39 is 0 Å². The van der Waals surface area contributed by atoms with Crippen LogP contribution in [0.1, 0.15) is 41.0 Å². The minimum atomic E-state index is -0.130. The van der Waals surface area contributed by atoms with Gasteiger partial charge in [0, 0.05) is 29.6 Å². The fourth-order valence-electron chi connectivity index (χ4n) is 2.92. The summed E-state index contributed by atoms with van der Waals surface area (Å²) >= 11 is 0. The standard InChI is InChI=1S/C25H25N3O/c1-3-28(4-2)19-21-11-14-22(15-12-21)25(29)27-24-10-7-8-20(18-24)13-16-23-9-5-6-17-26-23/h5-12,14-15,17-18H,3-4,19H2,1-2H3,(H,27,29). The van der Waals surface area contributed by atoms with E-state index in [0.717, 1.165) is 30.9 Å². The Morgan fingerprint density at radius 1 is 0.966 bits per heavy atom. The molecule has 4 heteroatoms. The number of aromatic nitrogens is 1. The molecular weight excluding hydrogens is 358 g/mol. The van der Waals surface area contributed by atoms with E-state index in [1.165, 1.54) is 5.56 Å². The molecular formula is C25H25N3O. The van der Waals surface area contributed by atoms with Crippen molar-refractivity contribution in [2.75, 3.05) is 18.4 Å². The lowest BCUT2D eigenvalue weighted by Gasteiger charge is -2.18. The largest absolute Gasteiger partial charge is 0.322 e. The van der Waals surface area contributed by atoms with Crippen molar-refractivity contribution in [1.29, 1.82) is 0 Å². The molecule has 0 saturated carbocycles. The maximum atomic E-state index is 12.6. The molecule has 0 fully saturated rings. The molecule has 0 atom stereocenters. The fraction of sp³-hybridized carbons (Fsp3) is 0.200. The monoisotopic (exact) mass is 383 g/mol. The number of rotatable bonds is 6. The van der Waals surface area contributed by atoms with E-state index in [1.807, 2.05) is 66.7 Å². The van der Waals surface area contributed by atoms with Crippen molar-refractivity contribution >= 4 is 11.6 Å². The van der Waals surface area contributed by atoms with Crippen molar-refractivity contribution in [2.24, 2.45) is 0 Å². The summed E-state index contributed by atoms with van der Waals surface area (Å²) in [5.41, 5.74) is 4.10. The second-order valence-corrected chi connectivity index (χ2v) is 6.66. The third-order valence-corrected chi connectivity index (χ3v) is 4.64. The normalized spacial score (nSPS) is 10.3. The number of carbonyl (C=O) groups excluding carboxylic acids is 1. The van der Waals surface area contributed by atoms with E-state index in [0.29, 0.717) is 11.3 Å². The van der Waals surface area contributed by atoms with Crippen molar-refractivity contribution in [1.82, 2.24) is 9.88 Å². The molecule has 0 saturated heterocycles. The summed E-state index contributed by atoms with van der Waals surface area (Å²) in [5, 5.41) is 2.95. The van der Waals surface area contributed by atoms with E-state index in [-0.39, 0.29) is 5.91 Å². The summed E-state index contributed by atoms with van der Waals surface area (Å²) in [4.78, 5) is 19.1. The number of hydrogen-bond acceptors (Lipinski definition) is 3. The van der Waals surface area contributed by atoms with Gasteiger partial charge in [-0.15, -0.1) is 0 Å². The van der Waals surface area contributed by atoms with Gasteiger partial charge in [-0.1, -0.05) is 44.0 Å². The van der Waals surface area contributed by atoms with Crippen LogP contribution in [0.25, 0.3) is 0 Å². The van der Waals surface area contributed by atoms with Crippen LogP contribution in [0.15, 0.2) is 72.9 Å². The second kappa shape index (κ2) is 10.2. The summed E-state index contributed by atoms with van der Waals surface area (Å²) in [7, 11) is 0. The van der Waals surface area contributed by atoms with Crippen molar-refractivity contribution in [3.63, 3.8) is 0 Å². The van der Waals surface area contributed by atoms with E-state index in [2.05, 4.69) is 40.9 Å². The molecule has 1 N–H and O–H groups in total. The van der Waals surface area contributed by atoms with Crippen LogP contribution in [0.4, 0.5) is 5.69 Å². The van der Waals surface area contributed by atoms with Crippen molar-refractivity contribution in [3.05, 3.63) is 95.3 Å². The first-order chi connectivity index (χ1) is 14.2. The van der Waals surface area contributed by atoms with Gasteiger partial charge >= 0.3 is 0 Å². The van der Waals surface area contributed by atoms with Crippen LogP contribution in [0.2, 0.25) is 0 Å². The van der Waals surface area contributed by atoms with E-state index >= 15 is 0 Å². The first kappa shape index (κ1) is 20.3. The molecule has 3 rings (SSSR count). The number of hydrogen-bond donors (Lipinski definition) is 1. The van der Waals surface area contributed by atoms with Crippen LogP contribution in [0.5, 0.6) is 0 Å². The smallest absolute Gasteiger partial charge is 0.255 e. The molecule has 1 aromatic heterocycles. The number of amides is 1. The average Bonchev–Trinajstić information content (AvgIpc) is 2.77. The van der Waals surface area contributed by atoms with Crippen LogP contribution in [-0.2, 0) is 6.54 Å². The lowest BCUT2D eigenvalue weighted by atomic mass is 10.1. The highest BCUT2D eigenvalue weighted by atomic mass is 16.1. The summed E-state index contributed by atoms with van der Waals surface area (Å²) in [5.74, 6) is 5.98. The lowest BCUT2D eigenvalue weighted by molar-refractivity contribution is 0.102. The molecule has 3 aromatic rings.